The van der Waals surface area contributed by atoms with Crippen LogP contribution in [0.1, 0.15) is 174 Å². The highest BCUT2D eigenvalue weighted by molar-refractivity contribution is 5.86. The van der Waals surface area contributed by atoms with Gasteiger partial charge in [-0.1, -0.05) is 155 Å². The molecule has 2 amide bonds. The zero-order valence-electron chi connectivity index (χ0n) is 28.7. The van der Waals surface area contributed by atoms with E-state index in [-0.39, 0.29) is 24.3 Å². The van der Waals surface area contributed by atoms with Gasteiger partial charge in [0.25, 0.3) is 5.91 Å². The molecule has 0 fully saturated rings. The summed E-state index contributed by atoms with van der Waals surface area (Å²) in [4.78, 5) is 30.3. The van der Waals surface area contributed by atoms with E-state index in [1.807, 2.05) is 4.90 Å². The third-order valence-corrected chi connectivity index (χ3v) is 8.52. The Kier molecular flexibility index (Phi) is 30.2. The first-order valence-corrected chi connectivity index (χ1v) is 18.4. The smallest absolute Gasteiger partial charge is 0.338 e. The van der Waals surface area contributed by atoms with Gasteiger partial charge in [-0.05, 0) is 12.8 Å². The van der Waals surface area contributed by atoms with Crippen LogP contribution in [0, 0.1) is 0 Å². The Labute approximate surface area is 266 Å². The maximum absolute atomic E-state index is 13.1. The molecule has 0 aromatic rings. The third kappa shape index (κ3) is 28.7. The number of quaternary nitrogens is 1. The van der Waals surface area contributed by atoms with Gasteiger partial charge in [0.2, 0.25) is 5.91 Å². The molecule has 0 rings (SSSR count). The lowest BCUT2D eigenvalue weighted by Gasteiger charge is -2.23. The maximum Gasteiger partial charge on any atom is 0.338 e. The number of rotatable bonds is 32. The average Bonchev–Trinajstić information content (AvgIpc) is 2.99. The minimum absolute atomic E-state index is 0.0179. The summed E-state index contributed by atoms with van der Waals surface area (Å²) in [5, 5.41) is 2.80. The van der Waals surface area contributed by atoms with E-state index in [1.165, 1.54) is 141 Å². The van der Waals surface area contributed by atoms with E-state index in [0.29, 0.717) is 13.0 Å². The number of hydrogen-bond donors (Lipinski definition) is 5. The lowest BCUT2D eigenvalue weighted by atomic mass is 10.0. The Morgan fingerprint density at radius 2 is 0.977 bits per heavy atom. The molecule has 43 heavy (non-hydrogen) atoms. The molecular weight excluding hydrogens is 536 g/mol. The fourth-order valence-corrected chi connectivity index (χ4v) is 5.59. The number of nitrogens with two attached hydrogens (primary N) is 2. The molecule has 8 nitrogen and oxygen atoms in total. The summed E-state index contributed by atoms with van der Waals surface area (Å²) >= 11 is 0. The van der Waals surface area contributed by atoms with Crippen molar-refractivity contribution in [3.63, 3.8) is 0 Å². The summed E-state index contributed by atoms with van der Waals surface area (Å²) in [7, 11) is 0. The fraction of sp³-hybridized carbons (Fsp3) is 0.914. The first-order chi connectivity index (χ1) is 20.9. The summed E-state index contributed by atoms with van der Waals surface area (Å²) in [5.74, 6) is -0.0557. The highest BCUT2D eigenvalue weighted by Gasteiger charge is 2.20. The van der Waals surface area contributed by atoms with Crippen molar-refractivity contribution in [1.82, 2.24) is 10.2 Å². The normalized spacial score (nSPS) is 11.8. The van der Waals surface area contributed by atoms with Crippen LogP contribution >= 0.6 is 0 Å². The number of nitrogens with one attached hydrogen (secondary N) is 2. The molecule has 1 atom stereocenters. The predicted octanol–water partition coefficient (Wildman–Crippen LogP) is 4.69. The molecule has 0 aromatic heterocycles. The van der Waals surface area contributed by atoms with Gasteiger partial charge in [0.1, 0.15) is 0 Å². The summed E-state index contributed by atoms with van der Waals surface area (Å²) in [6.45, 7) is 6.63. The van der Waals surface area contributed by atoms with Crippen molar-refractivity contribution < 1.29 is 20.3 Å². The molecule has 0 saturated heterocycles. The summed E-state index contributed by atoms with van der Waals surface area (Å²) in [5.41, 5.74) is 14.7. The standard InChI is InChI=1S/C35H72N6O2/c1-3-5-7-9-11-13-15-17-19-21-23-25-29-41(30-26-24-22-20-18-16-14-12-10-8-6-4-2)33(42)31-40-34(43)32(36)27-28-39-35(37)38/h32H,3-31,36H2,1-2H3,(H,40,43)(H4,37,38,39)/p+2. The lowest BCUT2D eigenvalue weighted by Crippen LogP contribution is -2.80. The van der Waals surface area contributed by atoms with Gasteiger partial charge < -0.3 is 16.0 Å². The topological polar surface area (TPSA) is 143 Å². The molecule has 0 spiro atoms. The second-order valence-corrected chi connectivity index (χ2v) is 12.7. The highest BCUT2D eigenvalue weighted by atomic mass is 16.2. The number of hydrogen-bond acceptors (Lipinski definition) is 2. The molecule has 0 aliphatic carbocycles. The van der Waals surface area contributed by atoms with Crippen LogP contribution in [0.2, 0.25) is 0 Å². The van der Waals surface area contributed by atoms with E-state index in [1.54, 1.807) is 0 Å². The van der Waals surface area contributed by atoms with E-state index >= 15 is 0 Å². The number of carbonyl (C=O) groups is 2. The van der Waals surface area contributed by atoms with Gasteiger partial charge in [0.15, 0.2) is 6.04 Å². The van der Waals surface area contributed by atoms with Crippen LogP contribution in [0.5, 0.6) is 0 Å². The van der Waals surface area contributed by atoms with Crippen molar-refractivity contribution in [1.29, 1.82) is 0 Å². The molecule has 0 heterocycles. The van der Waals surface area contributed by atoms with Crippen LogP contribution < -0.4 is 27.5 Å². The molecule has 1 unspecified atom stereocenters. The summed E-state index contributed by atoms with van der Waals surface area (Å²) in [6.07, 6.45) is 31.9. The van der Waals surface area contributed by atoms with Gasteiger partial charge >= 0.3 is 5.96 Å². The van der Waals surface area contributed by atoms with Crippen LogP contribution in [0.3, 0.4) is 0 Å². The highest BCUT2D eigenvalue weighted by Crippen LogP contribution is 2.14. The second kappa shape index (κ2) is 31.6. The van der Waals surface area contributed by atoms with Crippen LogP contribution in [-0.2, 0) is 9.59 Å². The number of unbranched alkanes of at least 4 members (excludes halogenated alkanes) is 22. The van der Waals surface area contributed by atoms with Crippen molar-refractivity contribution in [2.45, 2.75) is 180 Å². The molecule has 0 saturated carbocycles. The molecule has 0 radical (unpaired) electrons. The van der Waals surface area contributed by atoms with E-state index in [9.17, 15) is 9.59 Å². The Morgan fingerprint density at radius 1 is 0.628 bits per heavy atom. The molecule has 9 N–H and O–H groups in total. The zero-order valence-corrected chi connectivity index (χ0v) is 28.7. The van der Waals surface area contributed by atoms with E-state index in [4.69, 9.17) is 11.5 Å². The van der Waals surface area contributed by atoms with Crippen LogP contribution in [0.4, 0.5) is 0 Å². The van der Waals surface area contributed by atoms with E-state index < -0.39 is 6.04 Å². The summed E-state index contributed by atoms with van der Waals surface area (Å²) in [6, 6.07) is -0.458. The number of guanidine groups is 1. The summed E-state index contributed by atoms with van der Waals surface area (Å²) < 4.78 is 0. The number of nitrogens with zero attached hydrogens (tertiary/aromatic N) is 1. The van der Waals surface area contributed by atoms with Gasteiger partial charge in [-0.3, -0.25) is 26.0 Å². The lowest BCUT2D eigenvalue weighted by molar-refractivity contribution is -0.477. The minimum Gasteiger partial charge on any atom is -0.347 e. The quantitative estimate of drug-likeness (QED) is 0.0428. The van der Waals surface area contributed by atoms with Gasteiger partial charge in [-0.25, -0.2) is 0 Å². The van der Waals surface area contributed by atoms with Crippen molar-refractivity contribution in [3.8, 4) is 0 Å². The Hall–Kier alpha value is -1.83. The molecule has 8 heteroatoms. The van der Waals surface area contributed by atoms with Crippen molar-refractivity contribution in [2.24, 2.45) is 11.5 Å². The fourth-order valence-electron chi connectivity index (χ4n) is 5.59. The third-order valence-electron chi connectivity index (χ3n) is 8.52. The first kappa shape index (κ1) is 41.2. The number of amides is 2. The minimum atomic E-state index is -0.458. The SMILES string of the molecule is CCCCCCCCCCCCCCN(CCCCCCCCCCCCCC)C(=O)CNC(=O)C([NH3+])CC[NH+]=C(N)N. The Morgan fingerprint density at radius 3 is 1.33 bits per heavy atom. The maximum atomic E-state index is 13.1. The Bertz CT molecular complexity index is 641. The number of carbonyl (C=O) groups excluding carboxylic acids is 2. The Balaban J connectivity index is 4.31. The van der Waals surface area contributed by atoms with Crippen LogP contribution in [-0.4, -0.2) is 54.9 Å². The van der Waals surface area contributed by atoms with Crippen molar-refractivity contribution >= 4 is 17.8 Å². The van der Waals surface area contributed by atoms with Gasteiger partial charge in [-0.2, -0.15) is 0 Å². The predicted molar refractivity (Wildman–Crippen MR) is 182 cm³/mol. The van der Waals surface area contributed by atoms with Crippen molar-refractivity contribution in [2.75, 3.05) is 26.2 Å². The second-order valence-electron chi connectivity index (χ2n) is 12.7. The first-order valence-electron chi connectivity index (χ1n) is 18.4. The van der Waals surface area contributed by atoms with Crippen LogP contribution in [0.15, 0.2) is 0 Å². The molecule has 0 aliphatic heterocycles. The molecule has 0 bridgehead atoms. The molecular formula is C35H74N6O2+2. The monoisotopic (exact) mass is 611 g/mol. The zero-order chi connectivity index (χ0) is 31.8. The molecule has 0 aromatic carbocycles. The van der Waals surface area contributed by atoms with Gasteiger partial charge in [-0.15, -0.1) is 0 Å². The largest absolute Gasteiger partial charge is 0.347 e. The van der Waals surface area contributed by atoms with Crippen molar-refractivity contribution in [3.05, 3.63) is 0 Å². The van der Waals surface area contributed by atoms with Gasteiger partial charge in [0.05, 0.1) is 13.1 Å². The van der Waals surface area contributed by atoms with Crippen LogP contribution in [0.25, 0.3) is 0 Å². The molecule has 254 valence electrons. The van der Waals surface area contributed by atoms with E-state index in [0.717, 1.165) is 25.9 Å². The van der Waals surface area contributed by atoms with Gasteiger partial charge in [0, 0.05) is 19.5 Å². The molecule has 0 aliphatic rings. The average molecular weight is 611 g/mol. The van der Waals surface area contributed by atoms with E-state index in [2.05, 4.69) is 29.9 Å².